The first-order valence-corrected chi connectivity index (χ1v) is 9.52. The molecule has 0 aliphatic rings. The summed E-state index contributed by atoms with van der Waals surface area (Å²) in [6.45, 7) is 4.56. The number of fused-ring (bicyclic) bond motifs is 3. The second-order valence-electron chi connectivity index (χ2n) is 7.14. The van der Waals surface area contributed by atoms with E-state index in [0.717, 1.165) is 0 Å². The molecule has 3 aromatic carbocycles. The average molecular weight is 342 g/mol. The Balaban J connectivity index is 1.93. The highest BCUT2D eigenvalue weighted by atomic mass is 15.1. The van der Waals surface area contributed by atoms with Crippen LogP contribution < -0.4 is 4.90 Å². The topological polar surface area (TPSA) is 8.17 Å². The maximum Gasteiger partial charge on any atom is 0.0542 e. The number of hydrogen-bond acceptors (Lipinski definition) is 1. The van der Waals surface area contributed by atoms with Crippen LogP contribution in [-0.4, -0.2) is 17.7 Å². The molecule has 2 nitrogen and oxygen atoms in total. The molecule has 132 valence electrons. The summed E-state index contributed by atoms with van der Waals surface area (Å²) in [4.78, 5) is 2.40. The number of anilines is 1. The van der Waals surface area contributed by atoms with E-state index in [-0.39, 0.29) is 0 Å². The van der Waals surface area contributed by atoms with E-state index >= 15 is 0 Å². The van der Waals surface area contributed by atoms with Gasteiger partial charge in [0.05, 0.1) is 11.0 Å². The lowest BCUT2D eigenvalue weighted by Crippen LogP contribution is -2.28. The van der Waals surface area contributed by atoms with Crippen LogP contribution >= 0.6 is 0 Å². The molecule has 1 atom stereocenters. The molecule has 0 aliphatic carbocycles. The van der Waals surface area contributed by atoms with Crippen molar-refractivity contribution >= 4 is 27.5 Å². The first-order valence-electron chi connectivity index (χ1n) is 9.52. The molecule has 26 heavy (non-hydrogen) atoms. The van der Waals surface area contributed by atoms with Crippen molar-refractivity contribution in [2.45, 2.75) is 32.7 Å². The van der Waals surface area contributed by atoms with Gasteiger partial charge in [-0.3, -0.25) is 0 Å². The van der Waals surface area contributed by atoms with Gasteiger partial charge in [0.15, 0.2) is 0 Å². The molecule has 0 amide bonds. The molecule has 1 heterocycles. The first-order chi connectivity index (χ1) is 12.7. The van der Waals surface area contributed by atoms with Gasteiger partial charge < -0.3 is 9.47 Å². The van der Waals surface area contributed by atoms with Crippen molar-refractivity contribution in [2.24, 2.45) is 0 Å². The monoisotopic (exact) mass is 342 g/mol. The lowest BCUT2D eigenvalue weighted by Gasteiger charge is -2.27. The van der Waals surface area contributed by atoms with E-state index in [0.29, 0.717) is 6.04 Å². The van der Waals surface area contributed by atoms with Gasteiger partial charge in [-0.05, 0) is 49.7 Å². The van der Waals surface area contributed by atoms with E-state index in [1.807, 2.05) is 0 Å². The van der Waals surface area contributed by atoms with Crippen LogP contribution in [0.1, 0.15) is 26.7 Å². The summed E-state index contributed by atoms with van der Waals surface area (Å²) in [5.74, 6) is 0. The van der Waals surface area contributed by atoms with Crippen molar-refractivity contribution in [3.8, 4) is 5.69 Å². The van der Waals surface area contributed by atoms with E-state index in [1.54, 1.807) is 0 Å². The molecule has 0 bridgehead atoms. The molecule has 0 radical (unpaired) electrons. The standard InChI is InChI=1S/C24H26N2/c1-4-10-18(2)25(3)20-15-16-24-22(17-20)21-13-8-9-14-23(21)26(24)19-11-6-5-7-12-19/h5-9,11-18H,4,10H2,1-3H3. The van der Waals surface area contributed by atoms with Crippen molar-refractivity contribution in [3.63, 3.8) is 0 Å². The Morgan fingerprint density at radius 3 is 2.31 bits per heavy atom. The molecule has 1 aromatic heterocycles. The smallest absolute Gasteiger partial charge is 0.0542 e. The van der Waals surface area contributed by atoms with Crippen LogP contribution in [0.15, 0.2) is 72.8 Å². The lowest BCUT2D eigenvalue weighted by atomic mass is 10.1. The summed E-state index contributed by atoms with van der Waals surface area (Å²) >= 11 is 0. The fourth-order valence-electron chi connectivity index (χ4n) is 3.90. The fraction of sp³-hybridized carbons (Fsp3) is 0.250. The van der Waals surface area contributed by atoms with Gasteiger partial charge >= 0.3 is 0 Å². The highest BCUT2D eigenvalue weighted by Crippen LogP contribution is 2.34. The predicted octanol–water partition coefficient (Wildman–Crippen LogP) is 6.41. The van der Waals surface area contributed by atoms with E-state index in [9.17, 15) is 0 Å². The molecule has 0 spiro atoms. The van der Waals surface area contributed by atoms with Crippen LogP contribution in [0.5, 0.6) is 0 Å². The molecular formula is C24H26N2. The third-order valence-electron chi connectivity index (χ3n) is 5.45. The van der Waals surface area contributed by atoms with Gasteiger partial charge in [0, 0.05) is 35.2 Å². The third-order valence-corrected chi connectivity index (χ3v) is 5.45. The van der Waals surface area contributed by atoms with E-state index in [2.05, 4.69) is 103 Å². The van der Waals surface area contributed by atoms with Crippen LogP contribution in [-0.2, 0) is 0 Å². The number of nitrogens with zero attached hydrogens (tertiary/aromatic N) is 2. The molecule has 0 aliphatic heterocycles. The zero-order valence-corrected chi connectivity index (χ0v) is 15.8. The average Bonchev–Trinajstić information content (AvgIpc) is 3.02. The van der Waals surface area contributed by atoms with Gasteiger partial charge in [0.1, 0.15) is 0 Å². The Labute approximate surface area is 155 Å². The summed E-state index contributed by atoms with van der Waals surface area (Å²) in [5, 5.41) is 2.63. The van der Waals surface area contributed by atoms with Crippen LogP contribution in [0.3, 0.4) is 0 Å². The van der Waals surface area contributed by atoms with Gasteiger partial charge in [-0.1, -0.05) is 49.7 Å². The highest BCUT2D eigenvalue weighted by molar-refractivity contribution is 6.10. The lowest BCUT2D eigenvalue weighted by molar-refractivity contribution is 0.616. The maximum atomic E-state index is 2.40. The van der Waals surface area contributed by atoms with Crippen molar-refractivity contribution < 1.29 is 0 Å². The molecule has 0 fully saturated rings. The van der Waals surface area contributed by atoms with Crippen molar-refractivity contribution in [2.75, 3.05) is 11.9 Å². The minimum absolute atomic E-state index is 0.542. The minimum atomic E-state index is 0.542. The van der Waals surface area contributed by atoms with Gasteiger partial charge in [-0.15, -0.1) is 0 Å². The fourth-order valence-corrected chi connectivity index (χ4v) is 3.90. The van der Waals surface area contributed by atoms with Crippen molar-refractivity contribution in [1.82, 2.24) is 4.57 Å². The third kappa shape index (κ3) is 2.76. The van der Waals surface area contributed by atoms with E-state index < -0.39 is 0 Å². The van der Waals surface area contributed by atoms with Gasteiger partial charge in [-0.2, -0.15) is 0 Å². The van der Waals surface area contributed by atoms with E-state index in [1.165, 1.54) is 46.0 Å². The molecule has 4 rings (SSSR count). The minimum Gasteiger partial charge on any atom is -0.372 e. The van der Waals surface area contributed by atoms with Crippen LogP contribution in [0.25, 0.3) is 27.5 Å². The normalized spacial score (nSPS) is 12.6. The Bertz CT molecular complexity index is 1030. The van der Waals surface area contributed by atoms with Crippen molar-refractivity contribution in [3.05, 3.63) is 72.8 Å². The second-order valence-corrected chi connectivity index (χ2v) is 7.14. The van der Waals surface area contributed by atoms with Crippen LogP contribution in [0.2, 0.25) is 0 Å². The van der Waals surface area contributed by atoms with Gasteiger partial charge in [-0.25, -0.2) is 0 Å². The van der Waals surface area contributed by atoms with Crippen LogP contribution in [0.4, 0.5) is 5.69 Å². The molecule has 1 unspecified atom stereocenters. The summed E-state index contributed by atoms with van der Waals surface area (Å²) in [6.07, 6.45) is 2.42. The summed E-state index contributed by atoms with van der Waals surface area (Å²) in [7, 11) is 2.21. The Hall–Kier alpha value is -2.74. The van der Waals surface area contributed by atoms with Crippen LogP contribution in [0, 0.1) is 0 Å². The number of benzene rings is 3. The van der Waals surface area contributed by atoms with Gasteiger partial charge in [0.2, 0.25) is 0 Å². The number of aromatic nitrogens is 1. The molecular weight excluding hydrogens is 316 g/mol. The predicted molar refractivity (Wildman–Crippen MR) is 114 cm³/mol. The summed E-state index contributed by atoms with van der Waals surface area (Å²) < 4.78 is 2.36. The number of para-hydroxylation sites is 2. The molecule has 0 N–H and O–H groups in total. The number of hydrogen-bond donors (Lipinski definition) is 0. The van der Waals surface area contributed by atoms with Gasteiger partial charge in [0.25, 0.3) is 0 Å². The number of rotatable bonds is 5. The largest absolute Gasteiger partial charge is 0.372 e. The maximum absolute atomic E-state index is 2.40. The first kappa shape index (κ1) is 16.7. The summed E-state index contributed by atoms with van der Waals surface area (Å²) in [6, 6.07) is 26.7. The second kappa shape index (κ2) is 6.87. The molecule has 0 saturated heterocycles. The zero-order valence-electron chi connectivity index (χ0n) is 15.8. The zero-order chi connectivity index (χ0) is 18.1. The SMILES string of the molecule is CCCC(C)N(C)c1ccc2c(c1)c1ccccc1n2-c1ccccc1. The summed E-state index contributed by atoms with van der Waals surface area (Å²) in [5.41, 5.74) is 5.02. The molecule has 0 saturated carbocycles. The molecule has 2 heteroatoms. The highest BCUT2D eigenvalue weighted by Gasteiger charge is 2.15. The molecule has 4 aromatic rings. The Kier molecular flexibility index (Phi) is 4.42. The quantitative estimate of drug-likeness (QED) is 0.407. The van der Waals surface area contributed by atoms with E-state index in [4.69, 9.17) is 0 Å². The Morgan fingerprint density at radius 1 is 0.846 bits per heavy atom. The Morgan fingerprint density at radius 2 is 1.54 bits per heavy atom. The van der Waals surface area contributed by atoms with Crippen molar-refractivity contribution in [1.29, 1.82) is 0 Å².